The topological polar surface area (TPSA) is 41.6 Å². The first-order chi connectivity index (χ1) is 10.6. The Balaban J connectivity index is 0.00000264. The van der Waals surface area contributed by atoms with E-state index in [1.807, 2.05) is 13.0 Å². The van der Waals surface area contributed by atoms with Crippen molar-refractivity contribution < 1.29 is 9.53 Å². The third-order valence-corrected chi connectivity index (χ3v) is 4.20. The van der Waals surface area contributed by atoms with Crippen LogP contribution in [0.25, 0.3) is 0 Å². The molecule has 0 unspecified atom stereocenters. The molecule has 0 aliphatic carbocycles. The Morgan fingerprint density at radius 2 is 2.13 bits per heavy atom. The lowest BCUT2D eigenvalue weighted by molar-refractivity contribution is 0.0946. The Hall–Kier alpha value is -1.04. The van der Waals surface area contributed by atoms with Crippen molar-refractivity contribution >= 4 is 34.2 Å². The molecule has 1 saturated heterocycles. The van der Waals surface area contributed by atoms with Crippen LogP contribution in [0.3, 0.4) is 0 Å². The fourth-order valence-corrected chi connectivity index (χ4v) is 3.23. The minimum Gasteiger partial charge on any atom is -0.488 e. The van der Waals surface area contributed by atoms with Gasteiger partial charge in [-0.3, -0.25) is 4.79 Å². The summed E-state index contributed by atoms with van der Waals surface area (Å²) in [5.41, 5.74) is 1.50. The summed E-state index contributed by atoms with van der Waals surface area (Å²) in [6, 6.07) is 3.75. The van der Waals surface area contributed by atoms with E-state index in [4.69, 9.17) is 4.74 Å². The Morgan fingerprint density at radius 1 is 1.43 bits per heavy atom. The van der Waals surface area contributed by atoms with Crippen LogP contribution in [0.2, 0.25) is 0 Å². The van der Waals surface area contributed by atoms with Gasteiger partial charge in [0.05, 0.1) is 5.56 Å². The number of aryl methyl sites for hydroxylation is 1. The number of hydrogen-bond donors (Lipinski definition) is 1. The number of ether oxygens (including phenoxy) is 1. The molecule has 1 aromatic carbocycles. The summed E-state index contributed by atoms with van der Waals surface area (Å²) in [5.74, 6) is 0.532. The standard InChI is InChI=1S/C17H23BrN2O2.ClH/c1-3-10-22-16-13(2)11-14(18)12-15(16)17(21)19-6-9-20-7-4-5-8-20;/h3,11-12H,1,4-10H2,2H3,(H,19,21);1H. The van der Waals surface area contributed by atoms with E-state index in [1.165, 1.54) is 12.8 Å². The van der Waals surface area contributed by atoms with Crippen LogP contribution in [0.15, 0.2) is 29.3 Å². The summed E-state index contributed by atoms with van der Waals surface area (Å²) in [6.45, 7) is 9.81. The molecule has 1 fully saturated rings. The second kappa shape index (κ2) is 9.96. The van der Waals surface area contributed by atoms with Crippen LogP contribution in [0.5, 0.6) is 5.75 Å². The van der Waals surface area contributed by atoms with Crippen LogP contribution in [0.4, 0.5) is 0 Å². The van der Waals surface area contributed by atoms with Crippen LogP contribution >= 0.6 is 28.3 Å². The minimum absolute atomic E-state index is 0. The Bertz CT molecular complexity index is 546. The number of likely N-dealkylation sites (tertiary alicyclic amines) is 1. The lowest BCUT2D eigenvalue weighted by Gasteiger charge is -2.16. The second-order valence-corrected chi connectivity index (χ2v) is 6.42. The molecule has 0 aromatic heterocycles. The van der Waals surface area contributed by atoms with E-state index in [9.17, 15) is 4.79 Å². The molecule has 23 heavy (non-hydrogen) atoms. The highest BCUT2D eigenvalue weighted by molar-refractivity contribution is 9.10. The van der Waals surface area contributed by atoms with Crippen molar-refractivity contribution in [3.05, 3.63) is 40.4 Å². The fourth-order valence-electron chi connectivity index (χ4n) is 2.66. The smallest absolute Gasteiger partial charge is 0.255 e. The van der Waals surface area contributed by atoms with Crippen LogP contribution < -0.4 is 10.1 Å². The number of hydrogen-bond acceptors (Lipinski definition) is 3. The number of nitrogens with one attached hydrogen (secondary N) is 1. The van der Waals surface area contributed by atoms with Crippen LogP contribution in [-0.2, 0) is 0 Å². The third kappa shape index (κ3) is 5.83. The van der Waals surface area contributed by atoms with E-state index in [1.54, 1.807) is 12.1 Å². The first-order valence-electron chi connectivity index (χ1n) is 7.66. The predicted molar refractivity (Wildman–Crippen MR) is 99.8 cm³/mol. The van der Waals surface area contributed by atoms with Gasteiger partial charge in [-0.15, -0.1) is 12.4 Å². The molecule has 6 heteroatoms. The van der Waals surface area contributed by atoms with Gasteiger partial charge in [0.25, 0.3) is 5.91 Å². The maximum Gasteiger partial charge on any atom is 0.255 e. The Labute approximate surface area is 152 Å². The van der Waals surface area contributed by atoms with E-state index >= 15 is 0 Å². The van der Waals surface area contributed by atoms with Gasteiger partial charge in [0.2, 0.25) is 0 Å². The normalized spacial score (nSPS) is 14.2. The van der Waals surface area contributed by atoms with Crippen molar-refractivity contribution in [2.45, 2.75) is 19.8 Å². The summed E-state index contributed by atoms with van der Waals surface area (Å²) in [5, 5.41) is 2.99. The van der Waals surface area contributed by atoms with Gasteiger partial charge < -0.3 is 15.0 Å². The molecule has 0 spiro atoms. The van der Waals surface area contributed by atoms with E-state index < -0.39 is 0 Å². The largest absolute Gasteiger partial charge is 0.488 e. The first kappa shape index (κ1) is 20.0. The Kier molecular flexibility index (Phi) is 8.66. The Morgan fingerprint density at radius 3 is 2.78 bits per heavy atom. The average Bonchev–Trinajstić information content (AvgIpc) is 2.99. The number of halogens is 2. The molecule has 1 amide bonds. The van der Waals surface area contributed by atoms with Gasteiger partial charge in [-0.1, -0.05) is 28.6 Å². The average molecular weight is 404 g/mol. The zero-order valence-electron chi connectivity index (χ0n) is 13.4. The highest BCUT2D eigenvalue weighted by Gasteiger charge is 2.17. The van der Waals surface area contributed by atoms with Gasteiger partial charge in [-0.25, -0.2) is 0 Å². The molecular formula is C17H24BrClN2O2. The third-order valence-electron chi connectivity index (χ3n) is 3.74. The van der Waals surface area contributed by atoms with Crippen molar-refractivity contribution in [2.75, 3.05) is 32.8 Å². The number of benzene rings is 1. The number of carbonyl (C=O) groups is 1. The van der Waals surface area contributed by atoms with E-state index in [2.05, 4.69) is 32.7 Å². The molecule has 128 valence electrons. The SMILES string of the molecule is C=CCOc1c(C)cc(Br)cc1C(=O)NCCN1CCCC1.Cl. The molecule has 2 rings (SSSR count). The number of carbonyl (C=O) groups excluding carboxylic acids is 1. The van der Waals surface area contributed by atoms with Gasteiger partial charge >= 0.3 is 0 Å². The van der Waals surface area contributed by atoms with Crippen molar-refractivity contribution in [3.8, 4) is 5.75 Å². The molecule has 0 atom stereocenters. The lowest BCUT2D eigenvalue weighted by atomic mass is 10.1. The highest BCUT2D eigenvalue weighted by Crippen LogP contribution is 2.28. The van der Waals surface area contributed by atoms with Gasteiger partial charge in [-0.2, -0.15) is 0 Å². The van der Waals surface area contributed by atoms with Crippen molar-refractivity contribution in [1.29, 1.82) is 0 Å². The maximum absolute atomic E-state index is 12.5. The minimum atomic E-state index is -0.0948. The van der Waals surface area contributed by atoms with Gasteiger partial charge in [0, 0.05) is 17.6 Å². The van der Waals surface area contributed by atoms with Crippen LogP contribution in [0, 0.1) is 6.92 Å². The first-order valence-corrected chi connectivity index (χ1v) is 8.45. The molecule has 1 aliphatic rings. The molecular weight excluding hydrogens is 380 g/mol. The summed E-state index contributed by atoms with van der Waals surface area (Å²) >= 11 is 3.44. The van der Waals surface area contributed by atoms with Gasteiger partial charge in [0.15, 0.2) is 0 Å². The predicted octanol–water partition coefficient (Wildman–Crippen LogP) is 3.57. The monoisotopic (exact) mass is 402 g/mol. The molecule has 0 saturated carbocycles. The van der Waals surface area contributed by atoms with E-state index in [0.717, 1.165) is 29.7 Å². The van der Waals surface area contributed by atoms with E-state index in [0.29, 0.717) is 24.5 Å². The number of nitrogens with zero attached hydrogens (tertiary/aromatic N) is 1. The number of amides is 1. The molecule has 0 radical (unpaired) electrons. The molecule has 1 aliphatic heterocycles. The summed E-state index contributed by atoms with van der Waals surface area (Å²) < 4.78 is 6.54. The molecule has 1 aromatic rings. The van der Waals surface area contributed by atoms with Crippen LogP contribution in [0.1, 0.15) is 28.8 Å². The van der Waals surface area contributed by atoms with Crippen molar-refractivity contribution in [1.82, 2.24) is 10.2 Å². The van der Waals surface area contributed by atoms with Crippen LogP contribution in [-0.4, -0.2) is 43.6 Å². The molecule has 1 heterocycles. The molecule has 1 N–H and O–H groups in total. The second-order valence-electron chi connectivity index (χ2n) is 5.50. The zero-order chi connectivity index (χ0) is 15.9. The fraction of sp³-hybridized carbons (Fsp3) is 0.471. The van der Waals surface area contributed by atoms with E-state index in [-0.39, 0.29) is 18.3 Å². The van der Waals surface area contributed by atoms with Gasteiger partial charge in [-0.05, 0) is 50.6 Å². The van der Waals surface area contributed by atoms with Gasteiger partial charge in [0.1, 0.15) is 12.4 Å². The maximum atomic E-state index is 12.5. The number of rotatable bonds is 7. The highest BCUT2D eigenvalue weighted by atomic mass is 79.9. The zero-order valence-corrected chi connectivity index (χ0v) is 15.8. The van der Waals surface area contributed by atoms with Crippen molar-refractivity contribution in [2.24, 2.45) is 0 Å². The summed E-state index contributed by atoms with van der Waals surface area (Å²) in [4.78, 5) is 14.8. The summed E-state index contributed by atoms with van der Waals surface area (Å²) in [6.07, 6.45) is 4.20. The van der Waals surface area contributed by atoms with Crippen molar-refractivity contribution in [3.63, 3.8) is 0 Å². The molecule has 4 nitrogen and oxygen atoms in total. The summed E-state index contributed by atoms with van der Waals surface area (Å²) in [7, 11) is 0. The lowest BCUT2D eigenvalue weighted by Crippen LogP contribution is -2.33. The molecule has 0 bridgehead atoms. The quantitative estimate of drug-likeness (QED) is 0.708.